The number of carbonyl (C=O) groups excluding carboxylic acids is 1. The van der Waals surface area contributed by atoms with Crippen molar-refractivity contribution in [2.75, 3.05) is 11.4 Å². The van der Waals surface area contributed by atoms with Crippen molar-refractivity contribution in [2.24, 2.45) is 0 Å². The number of urea groups is 1. The number of hydrogen-bond acceptors (Lipinski definition) is 4. The van der Waals surface area contributed by atoms with Crippen LogP contribution in [-0.2, 0) is 0 Å². The highest BCUT2D eigenvalue weighted by atomic mass is 35.5. The third-order valence-electron chi connectivity index (χ3n) is 6.80. The fourth-order valence-corrected chi connectivity index (χ4v) is 5.39. The van der Waals surface area contributed by atoms with E-state index in [-0.39, 0.29) is 26.8 Å². The first-order valence-corrected chi connectivity index (χ1v) is 13.9. The molecule has 1 saturated heterocycles. The minimum Gasteiger partial charge on any atom is -0.315 e. The molecule has 0 bridgehead atoms. The van der Waals surface area contributed by atoms with Gasteiger partial charge in [-0.25, -0.2) is 14.4 Å². The van der Waals surface area contributed by atoms with E-state index in [1.807, 2.05) is 13.8 Å². The van der Waals surface area contributed by atoms with Crippen LogP contribution in [0, 0.1) is 0 Å². The summed E-state index contributed by atoms with van der Waals surface area (Å²) in [5.41, 5.74) is -1.12. The number of aromatic nitrogens is 2. The van der Waals surface area contributed by atoms with Crippen LogP contribution >= 0.6 is 46.4 Å². The Morgan fingerprint density at radius 3 is 2.00 bits per heavy atom. The molecule has 1 aliphatic heterocycles. The Morgan fingerprint density at radius 1 is 0.816 bits per heavy atom. The van der Waals surface area contributed by atoms with Gasteiger partial charge >= 0.3 is 17.5 Å². The summed E-state index contributed by atoms with van der Waals surface area (Å²) in [5, 5.41) is 1.01. The van der Waals surface area contributed by atoms with Crippen LogP contribution in [0.2, 0.25) is 20.1 Å². The summed E-state index contributed by atoms with van der Waals surface area (Å²) in [6.07, 6.45) is 4.05. The van der Waals surface area contributed by atoms with Crippen molar-refractivity contribution >= 4 is 58.1 Å². The fraction of sp³-hybridized carbons (Fsp3) is 0.423. The van der Waals surface area contributed by atoms with E-state index in [0.29, 0.717) is 17.3 Å². The van der Waals surface area contributed by atoms with Crippen molar-refractivity contribution < 1.29 is 9.32 Å². The van der Waals surface area contributed by atoms with Crippen LogP contribution in [-0.4, -0.2) is 32.3 Å². The summed E-state index contributed by atoms with van der Waals surface area (Å²) in [6.45, 7) is 6.28. The minimum atomic E-state index is -1.01. The number of anilines is 1. The molecule has 2 aromatic carbocycles. The predicted octanol–water partition coefficient (Wildman–Crippen LogP) is 7.40. The first kappa shape index (κ1) is 28.6. The monoisotopic (exact) mass is 600 g/mol. The molecular weight excluding hydrogens is 574 g/mol. The van der Waals surface area contributed by atoms with E-state index < -0.39 is 23.2 Å². The van der Waals surface area contributed by atoms with Crippen molar-refractivity contribution in [3.05, 3.63) is 77.5 Å². The Morgan fingerprint density at radius 2 is 1.39 bits per heavy atom. The van der Waals surface area contributed by atoms with Crippen molar-refractivity contribution in [2.45, 2.75) is 64.6 Å². The van der Waals surface area contributed by atoms with Crippen molar-refractivity contribution in [3.63, 3.8) is 0 Å². The highest BCUT2D eigenvalue weighted by Gasteiger charge is 2.55. The maximum Gasteiger partial charge on any atom is 0.447 e. The Kier molecular flexibility index (Phi) is 8.57. The van der Waals surface area contributed by atoms with Crippen LogP contribution in [0.3, 0.4) is 0 Å². The molecule has 0 spiro atoms. The topological polar surface area (TPSA) is 80.7 Å². The molecule has 0 saturated carbocycles. The third kappa shape index (κ3) is 5.24. The second-order valence-corrected chi connectivity index (χ2v) is 11.4. The summed E-state index contributed by atoms with van der Waals surface area (Å²) in [6, 6.07) is 8.79. The second-order valence-electron chi connectivity index (χ2n) is 9.74. The van der Waals surface area contributed by atoms with Gasteiger partial charge in [0.05, 0.1) is 31.3 Å². The Labute approximate surface area is 240 Å². The van der Waals surface area contributed by atoms with Gasteiger partial charge in [-0.15, -0.1) is 4.74 Å². The zero-order valence-electron chi connectivity index (χ0n) is 21.2. The molecule has 0 N–H and O–H groups in total. The molecule has 2 heterocycles. The first-order chi connectivity index (χ1) is 18.0. The molecule has 12 heteroatoms. The van der Waals surface area contributed by atoms with Gasteiger partial charge in [0.1, 0.15) is 0 Å². The largest absolute Gasteiger partial charge is 0.447 e. The van der Waals surface area contributed by atoms with Crippen LogP contribution in [0.5, 0.6) is 0 Å². The molecule has 0 unspecified atom stereocenters. The van der Waals surface area contributed by atoms with Crippen molar-refractivity contribution in [1.29, 1.82) is 0 Å². The van der Waals surface area contributed by atoms with E-state index in [1.165, 1.54) is 23.1 Å². The molecule has 0 radical (unpaired) electrons. The molecule has 1 aromatic heterocycles. The van der Waals surface area contributed by atoms with E-state index in [0.717, 1.165) is 41.4 Å². The molecule has 2 amide bonds. The molecule has 8 nitrogen and oxygen atoms in total. The van der Waals surface area contributed by atoms with E-state index in [1.54, 1.807) is 23.1 Å². The molecule has 1 aliphatic rings. The van der Waals surface area contributed by atoms with Gasteiger partial charge < -0.3 is 9.42 Å². The number of carbonyl (C=O) groups is 1. The van der Waals surface area contributed by atoms with Crippen LogP contribution in [0.4, 0.5) is 10.5 Å². The normalized spacial score (nSPS) is 17.0. The molecule has 38 heavy (non-hydrogen) atoms. The lowest BCUT2D eigenvalue weighted by molar-refractivity contribution is 0.0958. The van der Waals surface area contributed by atoms with E-state index in [4.69, 9.17) is 50.9 Å². The van der Waals surface area contributed by atoms with Crippen LogP contribution in [0.15, 0.2) is 50.5 Å². The lowest BCUT2D eigenvalue weighted by atomic mass is 9.99. The summed E-state index contributed by atoms with van der Waals surface area (Å²) in [4.78, 5) is 43.6. The third-order valence-corrected chi connectivity index (χ3v) is 8.28. The molecule has 204 valence electrons. The fourth-order valence-electron chi connectivity index (χ4n) is 4.81. The highest BCUT2D eigenvalue weighted by molar-refractivity contribution is 6.42. The molecule has 1 atom stereocenters. The van der Waals surface area contributed by atoms with Crippen molar-refractivity contribution in [3.8, 4) is 5.69 Å². The van der Waals surface area contributed by atoms with E-state index in [2.05, 4.69) is 6.92 Å². The lowest BCUT2D eigenvalue weighted by Gasteiger charge is -2.34. The van der Waals surface area contributed by atoms with Gasteiger partial charge in [-0.3, -0.25) is 4.90 Å². The average molecular weight is 602 g/mol. The number of hydrogen-bond donors (Lipinski definition) is 0. The van der Waals surface area contributed by atoms with Crippen LogP contribution in [0.25, 0.3) is 5.69 Å². The molecule has 1 fully saturated rings. The number of rotatable bonds is 9. The highest BCUT2D eigenvalue weighted by Crippen LogP contribution is 2.43. The smallest absolute Gasteiger partial charge is 0.315 e. The molecular formula is C26H28Cl4N4O4. The predicted molar refractivity (Wildman–Crippen MR) is 152 cm³/mol. The standard InChI is InChI=1S/C26H28Cl4N4O4/c1-4-5-6-7-8-13-31-23(35)32(16-9-11-18(27)20(29)14-16)22(26(31,2)3)34-24(36)33(25(37)38-34)17-10-12-19(28)21(30)15-17/h9-12,14-15,22H,4-8,13H2,1-3H3/t22-/m1/s1. The zero-order valence-corrected chi connectivity index (χ0v) is 24.2. The second kappa shape index (κ2) is 11.4. The molecule has 0 aliphatic carbocycles. The maximum absolute atomic E-state index is 13.9. The number of halogens is 4. The van der Waals surface area contributed by atoms with Gasteiger partial charge in [0, 0.05) is 12.2 Å². The SMILES string of the molecule is CCCCCCCN1C(=O)N(c2ccc(Cl)c(Cl)c2)[C@H](n2oc(=O)n(-c3ccc(Cl)c(Cl)c3)c2=O)C1(C)C. The molecule has 4 rings (SSSR count). The van der Waals surface area contributed by atoms with Gasteiger partial charge in [0.2, 0.25) is 0 Å². The van der Waals surface area contributed by atoms with Gasteiger partial charge in [0.15, 0.2) is 6.17 Å². The van der Waals surface area contributed by atoms with E-state index >= 15 is 0 Å². The lowest BCUT2D eigenvalue weighted by Crippen LogP contribution is -2.47. The summed E-state index contributed by atoms with van der Waals surface area (Å²) in [5.74, 6) is -0.927. The molecule has 3 aromatic rings. The minimum absolute atomic E-state index is 0.172. The summed E-state index contributed by atoms with van der Waals surface area (Å²) >= 11 is 24.6. The summed E-state index contributed by atoms with van der Waals surface area (Å²) < 4.78 is 7.29. The maximum atomic E-state index is 13.9. The number of amides is 2. The number of nitrogens with zero attached hydrogens (tertiary/aromatic N) is 4. The Hall–Kier alpha value is -2.39. The van der Waals surface area contributed by atoms with Gasteiger partial charge in [-0.2, -0.15) is 4.57 Å². The van der Waals surface area contributed by atoms with Crippen LogP contribution < -0.4 is 16.3 Å². The van der Waals surface area contributed by atoms with Gasteiger partial charge in [0.25, 0.3) is 0 Å². The Bertz CT molecular complexity index is 1460. The quantitative estimate of drug-likeness (QED) is 0.239. The number of unbranched alkanes of at least 4 members (excludes halogenated alkanes) is 4. The average Bonchev–Trinajstić information content (AvgIpc) is 3.25. The summed E-state index contributed by atoms with van der Waals surface area (Å²) in [7, 11) is 0. The van der Waals surface area contributed by atoms with Gasteiger partial charge in [-0.1, -0.05) is 79.0 Å². The Balaban J connectivity index is 1.82. The number of benzene rings is 2. The van der Waals surface area contributed by atoms with Crippen LogP contribution in [0.1, 0.15) is 59.0 Å². The first-order valence-electron chi connectivity index (χ1n) is 12.3. The zero-order chi connectivity index (χ0) is 27.8. The van der Waals surface area contributed by atoms with Gasteiger partial charge in [-0.05, 0) is 56.7 Å². The van der Waals surface area contributed by atoms with E-state index in [9.17, 15) is 14.4 Å². The van der Waals surface area contributed by atoms with Crippen molar-refractivity contribution in [1.82, 2.24) is 14.2 Å².